The second kappa shape index (κ2) is 5.11. The Morgan fingerprint density at radius 3 is 2.71 bits per heavy atom. The number of hydrogen-bond acceptors (Lipinski definition) is 2. The summed E-state index contributed by atoms with van der Waals surface area (Å²) in [6.07, 6.45) is 7.34. The first-order valence-corrected chi connectivity index (χ1v) is 7.27. The molecule has 1 atom stereocenters. The lowest BCUT2D eigenvalue weighted by Crippen LogP contribution is -2.30. The fraction of sp³-hybridized carbons (Fsp3) is 0.769. The van der Waals surface area contributed by atoms with E-state index in [1.165, 1.54) is 19.3 Å². The molecular weight excluding hydrogens is 280 g/mol. The highest BCUT2D eigenvalue weighted by molar-refractivity contribution is 9.10. The van der Waals surface area contributed by atoms with Gasteiger partial charge in [0, 0.05) is 6.54 Å². The number of aryl methyl sites for hydroxylation is 1. The van der Waals surface area contributed by atoms with Crippen molar-refractivity contribution in [2.75, 3.05) is 0 Å². The summed E-state index contributed by atoms with van der Waals surface area (Å²) in [4.78, 5) is 0. The van der Waals surface area contributed by atoms with Gasteiger partial charge in [0.25, 0.3) is 0 Å². The lowest BCUT2D eigenvalue weighted by Gasteiger charge is -2.38. The Balaban J connectivity index is 2.28. The first kappa shape index (κ1) is 13.1. The number of nitrogens with zero attached hydrogens (tertiary/aromatic N) is 2. The second-order valence-corrected chi connectivity index (χ2v) is 6.17. The summed E-state index contributed by atoms with van der Waals surface area (Å²) in [5, 5.41) is 15.0. The van der Waals surface area contributed by atoms with Gasteiger partial charge < -0.3 is 5.11 Å². The summed E-state index contributed by atoms with van der Waals surface area (Å²) in [6, 6.07) is 0. The molecule has 0 radical (unpaired) electrons. The van der Waals surface area contributed by atoms with E-state index in [0.29, 0.717) is 0 Å². The summed E-state index contributed by atoms with van der Waals surface area (Å²) < 4.78 is 2.83. The van der Waals surface area contributed by atoms with Crippen molar-refractivity contribution in [2.45, 2.75) is 58.6 Å². The quantitative estimate of drug-likeness (QED) is 0.925. The van der Waals surface area contributed by atoms with Crippen molar-refractivity contribution in [3.05, 3.63) is 16.4 Å². The van der Waals surface area contributed by atoms with Crippen molar-refractivity contribution in [3.8, 4) is 0 Å². The zero-order valence-electron chi connectivity index (χ0n) is 10.6. The molecule has 1 aromatic rings. The molecule has 1 aromatic heterocycles. The maximum atomic E-state index is 10.7. The molecule has 96 valence electrons. The molecule has 0 saturated heterocycles. The molecule has 1 aliphatic rings. The van der Waals surface area contributed by atoms with Gasteiger partial charge in [-0.05, 0) is 41.1 Å². The van der Waals surface area contributed by atoms with Gasteiger partial charge in [-0.15, -0.1) is 0 Å². The van der Waals surface area contributed by atoms with Crippen LogP contribution in [0.2, 0.25) is 0 Å². The van der Waals surface area contributed by atoms with Crippen LogP contribution in [0.15, 0.2) is 10.7 Å². The van der Waals surface area contributed by atoms with Gasteiger partial charge in [-0.1, -0.05) is 26.2 Å². The topological polar surface area (TPSA) is 38.0 Å². The van der Waals surface area contributed by atoms with Gasteiger partial charge in [0.1, 0.15) is 6.10 Å². The van der Waals surface area contributed by atoms with E-state index in [1.807, 2.05) is 4.68 Å². The van der Waals surface area contributed by atoms with Crippen molar-refractivity contribution < 1.29 is 5.11 Å². The summed E-state index contributed by atoms with van der Waals surface area (Å²) in [6.45, 7) is 5.06. The highest BCUT2D eigenvalue weighted by Crippen LogP contribution is 2.46. The van der Waals surface area contributed by atoms with E-state index in [1.54, 1.807) is 6.20 Å². The minimum absolute atomic E-state index is 0.00766. The Morgan fingerprint density at radius 1 is 1.47 bits per heavy atom. The number of halogens is 1. The monoisotopic (exact) mass is 300 g/mol. The highest BCUT2D eigenvalue weighted by Gasteiger charge is 2.37. The molecule has 1 fully saturated rings. The lowest BCUT2D eigenvalue weighted by molar-refractivity contribution is 0.00174. The van der Waals surface area contributed by atoms with Gasteiger partial charge >= 0.3 is 0 Å². The van der Waals surface area contributed by atoms with Crippen molar-refractivity contribution in [1.82, 2.24) is 9.78 Å². The van der Waals surface area contributed by atoms with Crippen LogP contribution in [-0.4, -0.2) is 14.9 Å². The Morgan fingerprint density at radius 2 is 2.12 bits per heavy atom. The van der Waals surface area contributed by atoms with Crippen molar-refractivity contribution in [3.63, 3.8) is 0 Å². The predicted molar refractivity (Wildman–Crippen MR) is 71.8 cm³/mol. The first-order valence-electron chi connectivity index (χ1n) is 6.48. The van der Waals surface area contributed by atoms with Gasteiger partial charge in [-0.3, -0.25) is 4.68 Å². The standard InChI is InChI=1S/C13H21BrN2O/c1-3-16-11(10(14)9-15-16)12(17)13(2)7-5-4-6-8-13/h9,12,17H,3-8H2,1-2H3. The third kappa shape index (κ3) is 2.43. The molecule has 1 saturated carbocycles. The Bertz CT molecular complexity index is 383. The van der Waals surface area contributed by atoms with Gasteiger partial charge in [0.15, 0.2) is 0 Å². The van der Waals surface area contributed by atoms with Crippen LogP contribution < -0.4 is 0 Å². The summed E-state index contributed by atoms with van der Waals surface area (Å²) in [5.74, 6) is 0. The van der Waals surface area contributed by atoms with Crippen LogP contribution >= 0.6 is 15.9 Å². The van der Waals surface area contributed by atoms with Gasteiger partial charge in [-0.2, -0.15) is 5.10 Å². The molecule has 2 rings (SSSR count). The number of aromatic nitrogens is 2. The summed E-state index contributed by atoms with van der Waals surface area (Å²) in [7, 11) is 0. The maximum absolute atomic E-state index is 10.7. The van der Waals surface area contributed by atoms with Crippen molar-refractivity contribution in [2.24, 2.45) is 5.41 Å². The molecule has 0 bridgehead atoms. The van der Waals surface area contributed by atoms with Crippen LogP contribution in [0.5, 0.6) is 0 Å². The largest absolute Gasteiger partial charge is 0.386 e. The molecule has 0 aliphatic heterocycles. The summed E-state index contributed by atoms with van der Waals surface area (Å²) in [5.41, 5.74) is 0.949. The van der Waals surface area contributed by atoms with E-state index in [9.17, 15) is 5.11 Å². The normalized spacial score (nSPS) is 21.4. The second-order valence-electron chi connectivity index (χ2n) is 5.31. The Labute approximate surface area is 111 Å². The Hall–Kier alpha value is -0.350. The Kier molecular flexibility index (Phi) is 3.93. The van der Waals surface area contributed by atoms with Crippen molar-refractivity contribution >= 4 is 15.9 Å². The van der Waals surface area contributed by atoms with E-state index >= 15 is 0 Å². The van der Waals surface area contributed by atoms with Crippen molar-refractivity contribution in [1.29, 1.82) is 0 Å². The van der Waals surface area contributed by atoms with Crippen LogP contribution in [0.4, 0.5) is 0 Å². The van der Waals surface area contributed by atoms with Gasteiger partial charge in [-0.25, -0.2) is 0 Å². The third-order valence-electron chi connectivity index (χ3n) is 4.05. The molecule has 0 aromatic carbocycles. The van der Waals surface area contributed by atoms with Crippen LogP contribution in [-0.2, 0) is 6.54 Å². The van der Waals surface area contributed by atoms with E-state index in [-0.39, 0.29) is 5.41 Å². The molecule has 1 heterocycles. The van der Waals surface area contributed by atoms with Crippen LogP contribution in [0.25, 0.3) is 0 Å². The molecule has 1 unspecified atom stereocenters. The highest BCUT2D eigenvalue weighted by atomic mass is 79.9. The van der Waals surface area contributed by atoms with E-state index in [4.69, 9.17) is 0 Å². The molecular formula is C13H21BrN2O. The van der Waals surface area contributed by atoms with E-state index < -0.39 is 6.10 Å². The van der Waals surface area contributed by atoms with Gasteiger partial charge in [0.2, 0.25) is 0 Å². The lowest BCUT2D eigenvalue weighted by atomic mass is 9.71. The molecule has 17 heavy (non-hydrogen) atoms. The fourth-order valence-corrected chi connectivity index (χ4v) is 3.37. The SMILES string of the molecule is CCn1ncc(Br)c1C(O)C1(C)CCCCC1. The number of hydrogen-bond donors (Lipinski definition) is 1. The minimum Gasteiger partial charge on any atom is -0.386 e. The van der Waals surface area contributed by atoms with Crippen LogP contribution in [0, 0.1) is 5.41 Å². The number of aliphatic hydroxyl groups excluding tert-OH is 1. The summed E-state index contributed by atoms with van der Waals surface area (Å²) >= 11 is 3.51. The van der Waals surface area contributed by atoms with Crippen LogP contribution in [0.3, 0.4) is 0 Å². The zero-order chi connectivity index (χ0) is 12.5. The third-order valence-corrected chi connectivity index (χ3v) is 4.66. The first-order chi connectivity index (χ1) is 8.08. The average molecular weight is 301 g/mol. The molecule has 4 heteroatoms. The molecule has 0 amide bonds. The molecule has 0 spiro atoms. The smallest absolute Gasteiger partial charge is 0.102 e. The number of aliphatic hydroxyl groups is 1. The molecule has 1 N–H and O–H groups in total. The zero-order valence-corrected chi connectivity index (χ0v) is 12.2. The van der Waals surface area contributed by atoms with Crippen LogP contribution in [0.1, 0.15) is 57.7 Å². The number of rotatable bonds is 3. The molecule has 3 nitrogen and oxygen atoms in total. The molecule has 1 aliphatic carbocycles. The van der Waals surface area contributed by atoms with E-state index in [0.717, 1.165) is 29.6 Å². The van der Waals surface area contributed by atoms with E-state index in [2.05, 4.69) is 34.9 Å². The minimum atomic E-state index is -0.417. The maximum Gasteiger partial charge on any atom is 0.102 e. The fourth-order valence-electron chi connectivity index (χ4n) is 2.86. The average Bonchev–Trinajstić information content (AvgIpc) is 2.70. The van der Waals surface area contributed by atoms with Gasteiger partial charge in [0.05, 0.1) is 16.4 Å². The predicted octanol–water partition coefficient (Wildman–Crippen LogP) is 3.67.